The van der Waals surface area contributed by atoms with Gasteiger partial charge in [0.05, 0.1) is 16.6 Å². The van der Waals surface area contributed by atoms with Crippen molar-refractivity contribution < 1.29 is 110 Å². The normalized spacial score (nSPS) is 17.0. The Morgan fingerprint density at radius 2 is 0.700 bits per heavy atom. The van der Waals surface area contributed by atoms with Crippen LogP contribution in [0.4, 0.5) is 0 Å². The molecule has 0 saturated carbocycles. The van der Waals surface area contributed by atoms with E-state index in [0.717, 1.165) is 39.6 Å². The fraction of sp³-hybridized carbons (Fsp3) is 1.00. The van der Waals surface area contributed by atoms with Crippen molar-refractivity contribution in [1.29, 1.82) is 0 Å². The van der Waals surface area contributed by atoms with Crippen molar-refractivity contribution in [1.82, 2.24) is 0 Å². The molecule has 6 N–H and O–H groups in total. The summed E-state index contributed by atoms with van der Waals surface area (Å²) in [4.78, 5) is 0. The fourth-order valence-electron chi connectivity index (χ4n) is 4.11. The molecule has 0 aromatic carbocycles. The van der Waals surface area contributed by atoms with Crippen LogP contribution in [0, 0.1) is 0 Å². The van der Waals surface area contributed by atoms with Gasteiger partial charge < -0.3 is 38.2 Å². The number of nitrogens with zero attached hydrogens (tertiary/aromatic N) is 1. The van der Waals surface area contributed by atoms with E-state index in [9.17, 15) is 0 Å². The minimum atomic E-state index is -1.67. The van der Waals surface area contributed by atoms with Gasteiger partial charge in [-0.1, -0.05) is 0 Å². The van der Waals surface area contributed by atoms with Gasteiger partial charge in [0.25, 0.3) is 0 Å². The third-order valence-electron chi connectivity index (χ3n) is 4.74. The predicted octanol–water partition coefficient (Wildman–Crippen LogP) is -7.74. The molecule has 40 heavy (non-hydrogen) atoms. The molecule has 0 spiro atoms. The number of halogens is 1. The van der Waals surface area contributed by atoms with E-state index < -0.39 is 15.7 Å². The molecule has 0 aromatic rings. The van der Waals surface area contributed by atoms with E-state index in [1.165, 1.54) is 38.5 Å². The third kappa shape index (κ3) is 36.9. The van der Waals surface area contributed by atoms with E-state index in [4.69, 9.17) is 18.6 Å². The van der Waals surface area contributed by atoms with Crippen LogP contribution in [-0.2, 0) is 14.2 Å². The summed E-state index contributed by atoms with van der Waals surface area (Å²) >= 11 is 0. The zero-order valence-electron chi connectivity index (χ0n) is 29.7. The maximum Gasteiger partial charge on any atom is 1.00 e. The van der Waals surface area contributed by atoms with Crippen molar-refractivity contribution in [2.45, 2.75) is 137 Å². The maximum absolute atomic E-state index is 5.48. The molecule has 3 aliphatic rings. The molecule has 0 unspecified atom stereocenters. The van der Waals surface area contributed by atoms with Crippen molar-refractivity contribution in [3.05, 3.63) is 0 Å². The molecular weight excluding hydrogens is 635 g/mol. The minimum absolute atomic E-state index is 0. The summed E-state index contributed by atoms with van der Waals surface area (Å²) in [6.07, 6.45) is 7.67. The van der Waals surface area contributed by atoms with E-state index in [1.54, 1.807) is 0 Å². The zero-order chi connectivity index (χ0) is 27.9. The maximum atomic E-state index is 5.48. The Morgan fingerprint density at radius 3 is 0.800 bits per heavy atom. The Morgan fingerprint density at radius 1 is 0.500 bits per heavy atom. The second kappa shape index (κ2) is 25.9. The molecule has 0 bridgehead atoms. The summed E-state index contributed by atoms with van der Waals surface area (Å²) < 4.78 is 20.3. The molecule has 226 valence electrons. The van der Waals surface area contributed by atoms with Crippen molar-refractivity contribution in [3.63, 3.8) is 0 Å². The molecule has 3 saturated heterocycles. The molecular formula is C27H66ILi3N4O3PSi+5. The molecule has 0 aromatic heterocycles. The van der Waals surface area contributed by atoms with E-state index in [-0.39, 0.29) is 97.2 Å². The average molecular weight is 702 g/mol. The van der Waals surface area contributed by atoms with Crippen LogP contribution in [0.5, 0.6) is 0 Å². The Bertz CT molecular complexity index is 536. The van der Waals surface area contributed by atoms with Crippen LogP contribution in [0.2, 0.25) is 19.6 Å². The summed E-state index contributed by atoms with van der Waals surface area (Å²) in [6.45, 7) is 33.8. The van der Waals surface area contributed by atoms with E-state index in [2.05, 4.69) is 97.2 Å². The van der Waals surface area contributed by atoms with Crippen molar-refractivity contribution in [2.75, 3.05) is 39.6 Å². The molecule has 13 heteroatoms. The van der Waals surface area contributed by atoms with Gasteiger partial charge in [0.2, 0.25) is 0 Å². The van der Waals surface area contributed by atoms with Crippen LogP contribution >= 0.6 is 7.51 Å². The van der Waals surface area contributed by atoms with E-state index >= 15 is 0 Å². The quantitative estimate of drug-likeness (QED) is 0.155. The monoisotopic (exact) mass is 701 g/mol. The summed E-state index contributed by atoms with van der Waals surface area (Å²) in [6, 6.07) is 0. The predicted molar refractivity (Wildman–Crippen MR) is 158 cm³/mol. The first-order chi connectivity index (χ1) is 16.3. The molecule has 7 nitrogen and oxygen atoms in total. The van der Waals surface area contributed by atoms with Crippen LogP contribution in [0.1, 0.15) is 101 Å². The van der Waals surface area contributed by atoms with Crippen LogP contribution < -0.4 is 95.8 Å². The first-order valence-electron chi connectivity index (χ1n) is 14.3. The van der Waals surface area contributed by atoms with E-state index in [1.807, 2.05) is 0 Å². The Hall–Kier alpha value is 2.73. The summed E-state index contributed by atoms with van der Waals surface area (Å²) in [5, 5.41) is 7.65. The zero-order valence-corrected chi connectivity index (χ0v) is 33.8. The molecule has 0 aliphatic carbocycles. The minimum Gasteiger partial charge on any atom is -1.00 e. The number of hydrogen-bond acceptors (Lipinski definition) is 4. The first-order valence-corrected chi connectivity index (χ1v) is 19.7. The largest absolute Gasteiger partial charge is 1.00 e. The average Bonchev–Trinajstić information content (AvgIpc) is 3.43. The molecule has 3 heterocycles. The van der Waals surface area contributed by atoms with Gasteiger partial charge in [-0.3, -0.25) is 0 Å². The second-order valence-electron chi connectivity index (χ2n) is 14.5. The van der Waals surface area contributed by atoms with Crippen molar-refractivity contribution in [3.8, 4) is 0 Å². The Balaban J connectivity index is -0.000000173. The number of quaternary nitrogens is 3. The smallest absolute Gasteiger partial charge is 1.00 e. The molecule has 3 aliphatic heterocycles. The number of hydrogen-bond donors (Lipinski definition) is 3. The standard InChI is InChI=1S/C15H39N4PSi.3C4H8O.HI.3Li/c1-13(2,3)16-20(17-14(4,5)6,18-15(7,8)9)19-21(10,11)12;3*1-2-4-5-3-1;;;;/h16-18H,1-12H3;3*1-4H2;1H;;;/q;;;;;3*+1/p+2. The van der Waals surface area contributed by atoms with Crippen LogP contribution in [-0.4, -0.2) is 64.5 Å². The number of nitrogens with two attached hydrogens (primary N) is 3. The van der Waals surface area contributed by atoms with Gasteiger partial charge in [-0.05, 0) is 120 Å². The third-order valence-corrected chi connectivity index (χ3v) is 12.1. The van der Waals surface area contributed by atoms with Crippen molar-refractivity contribution in [2.24, 2.45) is 4.41 Å². The summed E-state index contributed by atoms with van der Waals surface area (Å²) in [7, 11) is -3.18. The van der Waals surface area contributed by atoms with Crippen LogP contribution in [0.3, 0.4) is 0 Å². The SMILES string of the molecule is C1CCOC1.C1CCOC1.C1CCOC1.CC(C)(C)[NH2+]P(=N[Si](C)(C)C)([NH2+]C(C)(C)C)[NH2+]C(C)(C)C.[I-].[Li+].[Li+].[Li+]. The molecule has 3 rings (SSSR count). The summed E-state index contributed by atoms with van der Waals surface area (Å²) in [5.41, 5.74) is 0.543. The van der Waals surface area contributed by atoms with Gasteiger partial charge in [0.1, 0.15) is 0 Å². The van der Waals surface area contributed by atoms with Gasteiger partial charge in [0, 0.05) is 39.6 Å². The molecule has 0 radical (unpaired) electrons. The number of rotatable bonds is 4. The van der Waals surface area contributed by atoms with Gasteiger partial charge in [-0.15, -0.1) is 0 Å². The van der Waals surface area contributed by atoms with Crippen LogP contribution in [0.25, 0.3) is 0 Å². The van der Waals surface area contributed by atoms with Crippen LogP contribution in [0.15, 0.2) is 4.41 Å². The fourth-order valence-corrected chi connectivity index (χ4v) is 12.9. The molecule has 3 fully saturated rings. The van der Waals surface area contributed by atoms with E-state index in [0.29, 0.717) is 0 Å². The Labute approximate surface area is 304 Å². The topological polar surface area (TPSA) is 89.9 Å². The first kappa shape index (κ1) is 52.3. The summed E-state index contributed by atoms with van der Waals surface area (Å²) in [5.74, 6) is 0. The van der Waals surface area contributed by atoms with Gasteiger partial charge in [-0.2, -0.15) is 4.41 Å². The van der Waals surface area contributed by atoms with Gasteiger partial charge in [-0.25, -0.2) is 15.3 Å². The number of ether oxygens (including phenoxy) is 3. The second-order valence-corrected chi connectivity index (χ2v) is 22.0. The Kier molecular flexibility index (Phi) is 33.8. The van der Waals surface area contributed by atoms with Crippen molar-refractivity contribution >= 4 is 15.7 Å². The van der Waals surface area contributed by atoms with Gasteiger partial charge in [0.15, 0.2) is 8.24 Å². The van der Waals surface area contributed by atoms with Gasteiger partial charge >= 0.3 is 64.1 Å². The molecule has 0 atom stereocenters. The molecule has 0 amide bonds.